The summed E-state index contributed by atoms with van der Waals surface area (Å²) in [6.07, 6.45) is 0.681. The van der Waals surface area contributed by atoms with Crippen LogP contribution < -0.4 is 5.32 Å². The maximum absolute atomic E-state index is 13.8. The number of nitrogens with one attached hydrogen (secondary N) is 1. The van der Waals surface area contributed by atoms with Gasteiger partial charge in [0.05, 0.1) is 11.3 Å². The van der Waals surface area contributed by atoms with Gasteiger partial charge in [-0.15, -0.1) is 11.3 Å². The number of hydrogen-bond donors (Lipinski definition) is 2. The number of carboxylic acids is 1. The van der Waals surface area contributed by atoms with E-state index in [2.05, 4.69) is 5.32 Å². The molecule has 0 radical (unpaired) electrons. The van der Waals surface area contributed by atoms with Crippen LogP contribution in [0.1, 0.15) is 27.0 Å². The monoisotopic (exact) mass is 311 g/mol. The molecule has 21 heavy (non-hydrogen) atoms. The summed E-state index contributed by atoms with van der Waals surface area (Å²) >= 11 is 1.65. The fourth-order valence-electron chi connectivity index (χ4n) is 2.04. The number of thiophene rings is 1. The van der Waals surface area contributed by atoms with Gasteiger partial charge in [0.25, 0.3) is 0 Å². The lowest BCUT2D eigenvalue weighted by Crippen LogP contribution is -2.19. The van der Waals surface area contributed by atoms with Crippen LogP contribution in [-0.2, 0) is 6.42 Å². The first-order valence-corrected chi connectivity index (χ1v) is 7.23. The van der Waals surface area contributed by atoms with Gasteiger partial charge in [0.15, 0.2) is 11.6 Å². The summed E-state index contributed by atoms with van der Waals surface area (Å²) in [5, 5.41) is 11.6. The van der Waals surface area contributed by atoms with E-state index in [1.165, 1.54) is 10.9 Å². The van der Waals surface area contributed by atoms with Crippen LogP contribution in [0.3, 0.4) is 0 Å². The molecule has 0 saturated heterocycles. The van der Waals surface area contributed by atoms with E-state index in [0.29, 0.717) is 6.42 Å². The normalized spacial score (nSPS) is 12.2. The van der Waals surface area contributed by atoms with Crippen molar-refractivity contribution in [2.45, 2.75) is 26.3 Å². The number of carbonyl (C=O) groups is 1. The number of benzene rings is 1. The van der Waals surface area contributed by atoms with Crippen molar-refractivity contribution >= 4 is 23.0 Å². The minimum absolute atomic E-state index is 0.0294. The molecule has 0 aliphatic rings. The van der Waals surface area contributed by atoms with Gasteiger partial charge in [-0.1, -0.05) is 0 Å². The summed E-state index contributed by atoms with van der Waals surface area (Å²) in [4.78, 5) is 13.1. The molecule has 2 rings (SSSR count). The summed E-state index contributed by atoms with van der Waals surface area (Å²) in [6, 6.07) is 6.22. The van der Waals surface area contributed by atoms with Crippen molar-refractivity contribution in [1.82, 2.24) is 0 Å². The van der Waals surface area contributed by atoms with E-state index in [4.69, 9.17) is 5.11 Å². The molecule has 1 unspecified atom stereocenters. The number of anilines is 1. The molecule has 2 N–H and O–H groups in total. The van der Waals surface area contributed by atoms with Crippen LogP contribution in [0, 0.1) is 18.6 Å². The van der Waals surface area contributed by atoms with E-state index in [0.717, 1.165) is 10.9 Å². The zero-order chi connectivity index (χ0) is 15.6. The SMILES string of the molecule is Cc1ccc(CC(C)Nc2ccc(C(=O)O)c(F)c2F)s1. The summed E-state index contributed by atoms with van der Waals surface area (Å²) < 4.78 is 27.4. The van der Waals surface area contributed by atoms with Crippen LogP contribution in [-0.4, -0.2) is 17.1 Å². The van der Waals surface area contributed by atoms with E-state index in [1.54, 1.807) is 11.3 Å². The standard InChI is InChI=1S/C15H15F2NO2S/c1-8(7-10-4-3-9(2)21-10)18-12-6-5-11(15(19)20)13(16)14(12)17/h3-6,8,18H,7H2,1-2H3,(H,19,20). The van der Waals surface area contributed by atoms with Gasteiger partial charge in [-0.25, -0.2) is 13.6 Å². The third-order valence-electron chi connectivity index (χ3n) is 3.02. The third kappa shape index (κ3) is 3.58. The Balaban J connectivity index is 2.12. The van der Waals surface area contributed by atoms with Gasteiger partial charge in [0.1, 0.15) is 0 Å². The van der Waals surface area contributed by atoms with Crippen LogP contribution in [0.25, 0.3) is 0 Å². The first-order valence-electron chi connectivity index (χ1n) is 6.41. The summed E-state index contributed by atoms with van der Waals surface area (Å²) in [5.41, 5.74) is -0.696. The summed E-state index contributed by atoms with van der Waals surface area (Å²) in [7, 11) is 0. The Labute approximate surface area is 125 Å². The Morgan fingerprint density at radius 1 is 1.29 bits per heavy atom. The zero-order valence-corrected chi connectivity index (χ0v) is 12.4. The topological polar surface area (TPSA) is 49.3 Å². The molecule has 1 aromatic carbocycles. The van der Waals surface area contributed by atoms with Crippen LogP contribution in [0.5, 0.6) is 0 Å². The highest BCUT2D eigenvalue weighted by Gasteiger charge is 2.18. The zero-order valence-electron chi connectivity index (χ0n) is 11.6. The number of aryl methyl sites for hydroxylation is 1. The lowest BCUT2D eigenvalue weighted by atomic mass is 10.1. The molecule has 0 spiro atoms. The van der Waals surface area contributed by atoms with Crippen molar-refractivity contribution in [2.24, 2.45) is 0 Å². The fraction of sp³-hybridized carbons (Fsp3) is 0.267. The Hall–Kier alpha value is -1.95. The quantitative estimate of drug-likeness (QED) is 0.875. The second kappa shape index (κ2) is 6.22. The van der Waals surface area contributed by atoms with Gasteiger partial charge >= 0.3 is 5.97 Å². The van der Waals surface area contributed by atoms with Crippen LogP contribution in [0.15, 0.2) is 24.3 Å². The maximum Gasteiger partial charge on any atom is 0.338 e. The average molecular weight is 311 g/mol. The van der Waals surface area contributed by atoms with Gasteiger partial charge in [0, 0.05) is 22.2 Å². The summed E-state index contributed by atoms with van der Waals surface area (Å²) in [6.45, 7) is 3.86. The Morgan fingerprint density at radius 3 is 2.57 bits per heavy atom. The minimum Gasteiger partial charge on any atom is -0.478 e. The predicted molar refractivity (Wildman–Crippen MR) is 79.2 cm³/mol. The van der Waals surface area contributed by atoms with E-state index in [9.17, 15) is 13.6 Å². The average Bonchev–Trinajstić information content (AvgIpc) is 2.80. The highest BCUT2D eigenvalue weighted by atomic mass is 32.1. The lowest BCUT2D eigenvalue weighted by Gasteiger charge is -2.15. The number of halogens is 2. The van der Waals surface area contributed by atoms with Crippen molar-refractivity contribution in [3.63, 3.8) is 0 Å². The molecule has 112 valence electrons. The molecule has 1 heterocycles. The fourth-order valence-corrected chi connectivity index (χ4v) is 3.06. The van der Waals surface area contributed by atoms with Crippen molar-refractivity contribution in [2.75, 3.05) is 5.32 Å². The number of rotatable bonds is 5. The number of aromatic carboxylic acids is 1. The predicted octanol–water partition coefficient (Wildman–Crippen LogP) is 4.08. The van der Waals surface area contributed by atoms with Gasteiger partial charge in [-0.2, -0.15) is 0 Å². The smallest absolute Gasteiger partial charge is 0.338 e. The second-order valence-electron chi connectivity index (χ2n) is 4.86. The van der Waals surface area contributed by atoms with Gasteiger partial charge in [0.2, 0.25) is 0 Å². The molecular weight excluding hydrogens is 296 g/mol. The van der Waals surface area contributed by atoms with Crippen molar-refractivity contribution < 1.29 is 18.7 Å². The van der Waals surface area contributed by atoms with Gasteiger partial charge < -0.3 is 10.4 Å². The van der Waals surface area contributed by atoms with Crippen LogP contribution in [0.4, 0.5) is 14.5 Å². The molecule has 0 fully saturated rings. The third-order valence-corrected chi connectivity index (χ3v) is 4.04. The summed E-state index contributed by atoms with van der Waals surface area (Å²) in [5.74, 6) is -3.99. The molecule has 0 aliphatic carbocycles. The second-order valence-corrected chi connectivity index (χ2v) is 6.23. The Kier molecular flexibility index (Phi) is 4.57. The molecule has 1 atom stereocenters. The molecule has 0 aliphatic heterocycles. The van der Waals surface area contributed by atoms with Crippen LogP contribution >= 0.6 is 11.3 Å². The molecule has 0 bridgehead atoms. The van der Waals surface area contributed by atoms with E-state index >= 15 is 0 Å². The lowest BCUT2D eigenvalue weighted by molar-refractivity contribution is 0.0690. The highest BCUT2D eigenvalue weighted by molar-refractivity contribution is 7.11. The van der Waals surface area contributed by atoms with E-state index in [-0.39, 0.29) is 11.7 Å². The first-order chi connectivity index (χ1) is 9.88. The number of carboxylic acid groups (broad SMARTS) is 1. The van der Waals surface area contributed by atoms with Gasteiger partial charge in [-0.05, 0) is 38.1 Å². The van der Waals surface area contributed by atoms with Gasteiger partial charge in [-0.3, -0.25) is 0 Å². The Morgan fingerprint density at radius 2 is 2.00 bits per heavy atom. The van der Waals surface area contributed by atoms with Crippen molar-refractivity contribution in [1.29, 1.82) is 0 Å². The Bertz CT molecular complexity index is 670. The molecule has 3 nitrogen and oxygen atoms in total. The minimum atomic E-state index is -1.49. The number of hydrogen-bond acceptors (Lipinski definition) is 3. The molecule has 2 aromatic rings. The molecule has 0 saturated carbocycles. The van der Waals surface area contributed by atoms with E-state index < -0.39 is 23.2 Å². The molecule has 0 amide bonds. The van der Waals surface area contributed by atoms with Crippen LogP contribution in [0.2, 0.25) is 0 Å². The van der Waals surface area contributed by atoms with E-state index in [1.807, 2.05) is 26.0 Å². The first kappa shape index (κ1) is 15.4. The molecular formula is C15H15F2NO2S. The largest absolute Gasteiger partial charge is 0.478 e. The van der Waals surface area contributed by atoms with Crippen molar-refractivity contribution in [3.8, 4) is 0 Å². The molecule has 1 aromatic heterocycles. The molecule has 6 heteroatoms. The highest BCUT2D eigenvalue weighted by Crippen LogP contribution is 2.23. The maximum atomic E-state index is 13.8. The van der Waals surface area contributed by atoms with Crippen molar-refractivity contribution in [3.05, 3.63) is 51.2 Å².